The Morgan fingerprint density at radius 2 is 1.55 bits per heavy atom. The maximum Gasteiger partial charge on any atom is 0.313 e. The largest absolute Gasteiger partial charge is 0.378 e. The number of anilines is 2. The first-order valence-electron chi connectivity index (χ1n) is 7.95. The molecule has 0 aliphatic heterocycles. The minimum absolute atomic E-state index is 0.136. The van der Waals surface area contributed by atoms with Gasteiger partial charge >= 0.3 is 11.8 Å². The fourth-order valence-corrected chi connectivity index (χ4v) is 2.71. The number of nitrogens with one attached hydrogen (secondary N) is 2. The molecule has 0 heterocycles. The summed E-state index contributed by atoms with van der Waals surface area (Å²) < 4.78 is 0. The topological polar surface area (TPSA) is 61.4 Å². The molecule has 1 saturated carbocycles. The summed E-state index contributed by atoms with van der Waals surface area (Å²) in [4.78, 5) is 25.9. The van der Waals surface area contributed by atoms with E-state index in [4.69, 9.17) is 0 Å². The monoisotopic (exact) mass is 303 g/mol. The Morgan fingerprint density at radius 1 is 0.955 bits per heavy atom. The van der Waals surface area contributed by atoms with Crippen LogP contribution in [0.1, 0.15) is 38.5 Å². The molecule has 2 rings (SSSR count). The number of carbonyl (C=O) groups excluding carboxylic acids is 2. The van der Waals surface area contributed by atoms with Gasteiger partial charge in [-0.25, -0.2) is 0 Å². The summed E-state index contributed by atoms with van der Waals surface area (Å²) in [7, 11) is 3.90. The van der Waals surface area contributed by atoms with Gasteiger partial charge in [0.05, 0.1) is 0 Å². The standard InChI is InChI=1S/C17H25N3O2/c1-20(2)15-11-9-14(10-12-15)19-17(22)16(21)18-13-7-5-3-4-6-8-13/h9-13H,3-8H2,1-2H3,(H,18,21)(H,19,22). The van der Waals surface area contributed by atoms with Crippen molar-refractivity contribution < 1.29 is 9.59 Å². The molecule has 0 bridgehead atoms. The van der Waals surface area contributed by atoms with E-state index >= 15 is 0 Å². The first-order chi connectivity index (χ1) is 10.6. The Bertz CT molecular complexity index is 503. The number of nitrogens with zero attached hydrogens (tertiary/aromatic N) is 1. The van der Waals surface area contributed by atoms with Crippen molar-refractivity contribution in [2.24, 2.45) is 0 Å². The average molecular weight is 303 g/mol. The lowest BCUT2D eigenvalue weighted by Crippen LogP contribution is -2.41. The molecule has 0 atom stereocenters. The van der Waals surface area contributed by atoms with Gasteiger partial charge in [-0.3, -0.25) is 9.59 Å². The number of amides is 2. The molecule has 1 aromatic carbocycles. The quantitative estimate of drug-likeness (QED) is 0.666. The van der Waals surface area contributed by atoms with E-state index in [-0.39, 0.29) is 6.04 Å². The van der Waals surface area contributed by atoms with Crippen LogP contribution in [-0.4, -0.2) is 32.0 Å². The third-order valence-electron chi connectivity index (χ3n) is 4.04. The maximum absolute atomic E-state index is 12.0. The van der Waals surface area contributed by atoms with Crippen molar-refractivity contribution in [2.75, 3.05) is 24.3 Å². The van der Waals surface area contributed by atoms with Crippen LogP contribution in [0.3, 0.4) is 0 Å². The van der Waals surface area contributed by atoms with Gasteiger partial charge < -0.3 is 15.5 Å². The van der Waals surface area contributed by atoms with Crippen molar-refractivity contribution in [3.8, 4) is 0 Å². The smallest absolute Gasteiger partial charge is 0.313 e. The van der Waals surface area contributed by atoms with Crippen LogP contribution < -0.4 is 15.5 Å². The Morgan fingerprint density at radius 3 is 2.09 bits per heavy atom. The molecule has 5 heteroatoms. The molecule has 2 amide bonds. The van der Waals surface area contributed by atoms with E-state index < -0.39 is 11.8 Å². The third kappa shape index (κ3) is 4.76. The molecule has 0 saturated heterocycles. The highest BCUT2D eigenvalue weighted by Gasteiger charge is 2.19. The van der Waals surface area contributed by atoms with Crippen molar-refractivity contribution in [3.63, 3.8) is 0 Å². The molecule has 5 nitrogen and oxygen atoms in total. The van der Waals surface area contributed by atoms with Gasteiger partial charge in [-0.1, -0.05) is 25.7 Å². The molecule has 1 aliphatic carbocycles. The molecule has 1 fully saturated rings. The van der Waals surface area contributed by atoms with Crippen molar-refractivity contribution in [2.45, 2.75) is 44.6 Å². The van der Waals surface area contributed by atoms with Crippen molar-refractivity contribution in [3.05, 3.63) is 24.3 Å². The molecule has 120 valence electrons. The van der Waals surface area contributed by atoms with Crippen LogP contribution in [0.2, 0.25) is 0 Å². The predicted molar refractivity (Wildman–Crippen MR) is 89.0 cm³/mol. The molecule has 0 radical (unpaired) electrons. The van der Waals surface area contributed by atoms with E-state index in [1.165, 1.54) is 12.8 Å². The number of hydrogen-bond donors (Lipinski definition) is 2. The second kappa shape index (κ2) is 7.82. The second-order valence-electron chi connectivity index (χ2n) is 6.06. The Hall–Kier alpha value is -2.04. The van der Waals surface area contributed by atoms with Crippen LogP contribution in [0.25, 0.3) is 0 Å². The lowest BCUT2D eigenvalue weighted by molar-refractivity contribution is -0.136. The van der Waals surface area contributed by atoms with E-state index in [0.717, 1.165) is 31.4 Å². The second-order valence-corrected chi connectivity index (χ2v) is 6.06. The minimum Gasteiger partial charge on any atom is -0.378 e. The average Bonchev–Trinajstić information content (AvgIpc) is 2.76. The van der Waals surface area contributed by atoms with Gasteiger partial charge in [0.1, 0.15) is 0 Å². The highest BCUT2D eigenvalue weighted by atomic mass is 16.2. The van der Waals surface area contributed by atoms with Crippen LogP contribution in [0.4, 0.5) is 11.4 Å². The van der Waals surface area contributed by atoms with Crippen molar-refractivity contribution in [1.29, 1.82) is 0 Å². The highest BCUT2D eigenvalue weighted by molar-refractivity contribution is 6.39. The number of benzene rings is 1. The van der Waals surface area contributed by atoms with Gasteiger partial charge in [-0.2, -0.15) is 0 Å². The molecular formula is C17H25N3O2. The summed E-state index contributed by atoms with van der Waals surface area (Å²) in [6, 6.07) is 7.53. The zero-order valence-corrected chi connectivity index (χ0v) is 13.4. The highest BCUT2D eigenvalue weighted by Crippen LogP contribution is 2.18. The van der Waals surface area contributed by atoms with Crippen LogP contribution in [-0.2, 0) is 9.59 Å². The zero-order valence-electron chi connectivity index (χ0n) is 13.4. The molecule has 22 heavy (non-hydrogen) atoms. The van der Waals surface area contributed by atoms with E-state index in [1.807, 2.05) is 31.1 Å². The van der Waals surface area contributed by atoms with Crippen LogP contribution in [0.5, 0.6) is 0 Å². The van der Waals surface area contributed by atoms with Gasteiger partial charge in [-0.15, -0.1) is 0 Å². The number of hydrogen-bond acceptors (Lipinski definition) is 3. The van der Waals surface area contributed by atoms with E-state index in [9.17, 15) is 9.59 Å². The van der Waals surface area contributed by atoms with E-state index in [2.05, 4.69) is 10.6 Å². The molecule has 0 spiro atoms. The Balaban J connectivity index is 1.86. The van der Waals surface area contributed by atoms with Gasteiger partial charge in [0.15, 0.2) is 0 Å². The minimum atomic E-state index is -0.596. The van der Waals surface area contributed by atoms with Crippen molar-refractivity contribution in [1.82, 2.24) is 5.32 Å². The van der Waals surface area contributed by atoms with Crippen LogP contribution in [0.15, 0.2) is 24.3 Å². The fourth-order valence-electron chi connectivity index (χ4n) is 2.71. The zero-order chi connectivity index (χ0) is 15.9. The third-order valence-corrected chi connectivity index (χ3v) is 4.04. The SMILES string of the molecule is CN(C)c1ccc(NC(=O)C(=O)NC2CCCCCC2)cc1. The van der Waals surface area contributed by atoms with Gasteiger partial charge in [0.2, 0.25) is 0 Å². The van der Waals surface area contributed by atoms with Crippen LogP contribution >= 0.6 is 0 Å². The number of carbonyl (C=O) groups is 2. The van der Waals surface area contributed by atoms with Crippen LogP contribution in [0, 0.1) is 0 Å². The first kappa shape index (κ1) is 16.3. The van der Waals surface area contributed by atoms with Gasteiger partial charge in [0.25, 0.3) is 0 Å². The molecule has 1 aromatic rings. The summed E-state index contributed by atoms with van der Waals surface area (Å²) in [6.45, 7) is 0. The molecule has 0 aromatic heterocycles. The van der Waals surface area contributed by atoms with Gasteiger partial charge in [-0.05, 0) is 37.1 Å². The fraction of sp³-hybridized carbons (Fsp3) is 0.529. The number of rotatable bonds is 3. The molecule has 2 N–H and O–H groups in total. The molecule has 1 aliphatic rings. The normalized spacial score (nSPS) is 15.7. The molecule has 0 unspecified atom stereocenters. The van der Waals surface area contributed by atoms with Crippen molar-refractivity contribution >= 4 is 23.2 Å². The van der Waals surface area contributed by atoms with E-state index in [0.29, 0.717) is 5.69 Å². The predicted octanol–water partition coefficient (Wildman–Crippen LogP) is 2.53. The first-order valence-corrected chi connectivity index (χ1v) is 7.95. The Labute approximate surface area is 132 Å². The maximum atomic E-state index is 12.0. The summed E-state index contributed by atoms with van der Waals surface area (Å²) >= 11 is 0. The molecular weight excluding hydrogens is 278 g/mol. The lowest BCUT2D eigenvalue weighted by atomic mass is 10.1. The summed E-state index contributed by atoms with van der Waals surface area (Å²) in [6.07, 6.45) is 6.62. The summed E-state index contributed by atoms with van der Waals surface area (Å²) in [5, 5.41) is 5.49. The summed E-state index contributed by atoms with van der Waals surface area (Å²) in [5.41, 5.74) is 1.67. The van der Waals surface area contributed by atoms with E-state index in [1.54, 1.807) is 12.1 Å². The lowest BCUT2D eigenvalue weighted by Gasteiger charge is -2.16. The Kier molecular flexibility index (Phi) is 5.81. The van der Waals surface area contributed by atoms with Gasteiger partial charge in [0, 0.05) is 31.5 Å². The summed E-state index contributed by atoms with van der Waals surface area (Å²) in [5.74, 6) is -1.13.